The summed E-state index contributed by atoms with van der Waals surface area (Å²) in [4.78, 5) is 32.0. The molecule has 8 nitrogen and oxygen atoms in total. The first kappa shape index (κ1) is 24.5. The molecule has 1 amide bonds. The lowest BCUT2D eigenvalue weighted by Gasteiger charge is -2.10. The molecule has 11 heteroatoms. The number of nitrogens with zero attached hydrogens (tertiary/aromatic N) is 3. The first-order chi connectivity index (χ1) is 14.9. The second kappa shape index (κ2) is 10.1. The zero-order valence-electron chi connectivity index (χ0n) is 17.4. The van der Waals surface area contributed by atoms with E-state index in [0.29, 0.717) is 16.9 Å². The Kier molecular flexibility index (Phi) is 7.71. The van der Waals surface area contributed by atoms with Crippen LogP contribution < -0.4 is 5.32 Å². The van der Waals surface area contributed by atoms with E-state index in [4.69, 9.17) is 9.90 Å². The Labute approximate surface area is 181 Å². The van der Waals surface area contributed by atoms with Gasteiger partial charge in [-0.05, 0) is 56.9 Å². The van der Waals surface area contributed by atoms with Crippen LogP contribution in [0.15, 0.2) is 42.6 Å². The number of phenolic OH excluding ortho intramolecular Hbond substituents is 1. The zero-order valence-corrected chi connectivity index (χ0v) is 17.4. The highest BCUT2D eigenvalue weighted by Crippen LogP contribution is 2.24. The Hall–Kier alpha value is -3.73. The lowest BCUT2D eigenvalue weighted by Crippen LogP contribution is -2.21. The van der Waals surface area contributed by atoms with Gasteiger partial charge in [0.2, 0.25) is 0 Å². The molecule has 0 fully saturated rings. The van der Waals surface area contributed by atoms with Crippen LogP contribution in [-0.2, 0) is 11.3 Å². The van der Waals surface area contributed by atoms with Gasteiger partial charge in [-0.2, -0.15) is 13.2 Å². The number of carbonyl (C=O) groups excluding carboxylic acids is 1. The van der Waals surface area contributed by atoms with Gasteiger partial charge >= 0.3 is 12.1 Å². The SMILES string of the molecule is Cc1cc(NC(=O)c2ccc(CN(C)C)nc2)nc2cc(O)ccc12.O=C(O)C(F)(F)F. The minimum atomic E-state index is -5.08. The number of benzene rings is 1. The van der Waals surface area contributed by atoms with Crippen molar-refractivity contribution in [3.05, 3.63) is 59.4 Å². The highest BCUT2D eigenvalue weighted by molar-refractivity contribution is 6.04. The summed E-state index contributed by atoms with van der Waals surface area (Å²) in [5.41, 5.74) is 2.98. The smallest absolute Gasteiger partial charge is 0.490 e. The number of aromatic hydroxyl groups is 1. The number of carboxylic acids is 1. The van der Waals surface area contributed by atoms with Crippen LogP contribution in [0.2, 0.25) is 0 Å². The molecular formula is C21H21F3N4O4. The summed E-state index contributed by atoms with van der Waals surface area (Å²) >= 11 is 0. The predicted molar refractivity (Wildman–Crippen MR) is 111 cm³/mol. The fraction of sp³-hybridized carbons (Fsp3) is 0.238. The van der Waals surface area contributed by atoms with E-state index in [2.05, 4.69) is 15.3 Å². The van der Waals surface area contributed by atoms with Gasteiger partial charge in [-0.15, -0.1) is 0 Å². The van der Waals surface area contributed by atoms with E-state index < -0.39 is 12.1 Å². The fourth-order valence-electron chi connectivity index (χ4n) is 2.62. The van der Waals surface area contributed by atoms with Gasteiger partial charge in [0, 0.05) is 24.2 Å². The minimum absolute atomic E-state index is 0.142. The number of hydrogen-bond donors (Lipinski definition) is 3. The Bertz CT molecular complexity index is 1120. The maximum absolute atomic E-state index is 12.4. The van der Waals surface area contributed by atoms with Crippen molar-refractivity contribution >= 4 is 28.6 Å². The second-order valence-corrected chi connectivity index (χ2v) is 7.06. The molecular weight excluding hydrogens is 429 g/mol. The standard InChI is InChI=1S/C19H20N4O2.C2HF3O2/c1-12-8-18(21-17-9-15(24)6-7-16(12)17)22-19(25)13-4-5-14(20-10-13)11-23(2)3;3-2(4,5)1(6)7/h4-10,24H,11H2,1-3H3,(H,21,22,25);(H,6,7). The Morgan fingerprint density at radius 2 is 1.78 bits per heavy atom. The van der Waals surface area contributed by atoms with Gasteiger partial charge in [0.1, 0.15) is 11.6 Å². The van der Waals surface area contributed by atoms with E-state index in [9.17, 15) is 23.1 Å². The third-order valence-corrected chi connectivity index (χ3v) is 4.05. The largest absolute Gasteiger partial charge is 0.508 e. The molecule has 0 aliphatic rings. The maximum Gasteiger partial charge on any atom is 0.490 e. The quantitative estimate of drug-likeness (QED) is 0.556. The van der Waals surface area contributed by atoms with Crippen LogP contribution in [0, 0.1) is 6.92 Å². The summed E-state index contributed by atoms with van der Waals surface area (Å²) < 4.78 is 31.7. The normalized spacial score (nSPS) is 11.1. The van der Waals surface area contributed by atoms with Gasteiger partial charge < -0.3 is 20.4 Å². The highest BCUT2D eigenvalue weighted by atomic mass is 19.4. The summed E-state index contributed by atoms with van der Waals surface area (Å²) in [7, 11) is 3.93. The van der Waals surface area contributed by atoms with Crippen LogP contribution >= 0.6 is 0 Å². The number of nitrogens with one attached hydrogen (secondary N) is 1. The van der Waals surface area contributed by atoms with Crippen LogP contribution in [-0.4, -0.2) is 57.2 Å². The van der Waals surface area contributed by atoms with Gasteiger partial charge in [-0.25, -0.2) is 9.78 Å². The maximum atomic E-state index is 12.4. The van der Waals surface area contributed by atoms with Gasteiger partial charge in [0.25, 0.3) is 5.91 Å². The highest BCUT2D eigenvalue weighted by Gasteiger charge is 2.38. The van der Waals surface area contributed by atoms with E-state index >= 15 is 0 Å². The number of rotatable bonds is 4. The molecule has 170 valence electrons. The van der Waals surface area contributed by atoms with Crippen molar-refractivity contribution in [2.75, 3.05) is 19.4 Å². The average Bonchev–Trinajstić information content (AvgIpc) is 2.67. The van der Waals surface area contributed by atoms with Crippen LogP contribution in [0.4, 0.5) is 19.0 Å². The number of aromatic nitrogens is 2. The van der Waals surface area contributed by atoms with Gasteiger partial charge in [0.05, 0.1) is 16.8 Å². The molecule has 1 aromatic carbocycles. The van der Waals surface area contributed by atoms with Crippen molar-refractivity contribution in [3.63, 3.8) is 0 Å². The monoisotopic (exact) mass is 450 g/mol. The molecule has 2 heterocycles. The number of hydrogen-bond acceptors (Lipinski definition) is 6. The predicted octanol–water partition coefficient (Wildman–Crippen LogP) is 3.59. The molecule has 0 unspecified atom stereocenters. The number of carboxylic acid groups (broad SMARTS) is 1. The summed E-state index contributed by atoms with van der Waals surface area (Å²) in [6.45, 7) is 2.66. The third kappa shape index (κ3) is 6.91. The molecule has 2 aromatic heterocycles. The van der Waals surface area contributed by atoms with E-state index in [1.165, 1.54) is 0 Å². The van der Waals surface area contributed by atoms with Crippen molar-refractivity contribution in [1.82, 2.24) is 14.9 Å². The van der Waals surface area contributed by atoms with Crippen LogP contribution in [0.5, 0.6) is 5.75 Å². The first-order valence-corrected chi connectivity index (χ1v) is 9.18. The fourth-order valence-corrected chi connectivity index (χ4v) is 2.62. The van der Waals surface area contributed by atoms with Crippen molar-refractivity contribution in [2.24, 2.45) is 0 Å². The Balaban J connectivity index is 0.000000451. The molecule has 3 N–H and O–H groups in total. The number of aryl methyl sites for hydroxylation is 1. The number of halogens is 3. The van der Waals surface area contributed by atoms with E-state index in [1.807, 2.05) is 44.1 Å². The van der Waals surface area contributed by atoms with Gasteiger partial charge in [-0.3, -0.25) is 9.78 Å². The Morgan fingerprint density at radius 1 is 1.12 bits per heavy atom. The van der Waals surface area contributed by atoms with E-state index in [1.54, 1.807) is 24.4 Å². The number of pyridine rings is 2. The molecule has 0 atom stereocenters. The van der Waals surface area contributed by atoms with Crippen molar-refractivity contribution in [3.8, 4) is 5.75 Å². The van der Waals surface area contributed by atoms with E-state index in [-0.39, 0.29) is 11.7 Å². The molecule has 0 aliphatic carbocycles. The Morgan fingerprint density at radius 3 is 2.31 bits per heavy atom. The third-order valence-electron chi connectivity index (χ3n) is 4.05. The number of amides is 1. The minimum Gasteiger partial charge on any atom is -0.508 e. The number of carbonyl (C=O) groups is 2. The van der Waals surface area contributed by atoms with Gasteiger partial charge in [0.15, 0.2) is 0 Å². The summed E-state index contributed by atoms with van der Waals surface area (Å²) in [5, 5.41) is 20.5. The lowest BCUT2D eigenvalue weighted by atomic mass is 10.1. The first-order valence-electron chi connectivity index (χ1n) is 9.18. The molecule has 32 heavy (non-hydrogen) atoms. The van der Waals surface area contributed by atoms with E-state index in [0.717, 1.165) is 23.2 Å². The number of fused-ring (bicyclic) bond motifs is 1. The number of alkyl halides is 3. The molecule has 0 spiro atoms. The number of aliphatic carboxylic acids is 1. The lowest BCUT2D eigenvalue weighted by molar-refractivity contribution is -0.192. The average molecular weight is 450 g/mol. The molecule has 0 radical (unpaired) electrons. The summed E-state index contributed by atoms with van der Waals surface area (Å²) in [5.74, 6) is -2.44. The second-order valence-electron chi connectivity index (χ2n) is 7.06. The van der Waals surface area contributed by atoms with Crippen LogP contribution in [0.3, 0.4) is 0 Å². The molecule has 3 rings (SSSR count). The number of phenols is 1. The topological polar surface area (TPSA) is 116 Å². The van der Waals surface area contributed by atoms with Crippen molar-refractivity contribution in [2.45, 2.75) is 19.6 Å². The number of anilines is 1. The molecule has 3 aromatic rings. The van der Waals surface area contributed by atoms with Crippen LogP contribution in [0.1, 0.15) is 21.6 Å². The molecule has 0 saturated heterocycles. The molecule has 0 saturated carbocycles. The van der Waals surface area contributed by atoms with Crippen molar-refractivity contribution < 1.29 is 33.0 Å². The summed E-state index contributed by atoms with van der Waals surface area (Å²) in [6.07, 6.45) is -3.52. The molecule has 0 bridgehead atoms. The molecule has 0 aliphatic heterocycles. The zero-order chi connectivity index (χ0) is 24.1. The summed E-state index contributed by atoms with van der Waals surface area (Å²) in [6, 6.07) is 10.4. The van der Waals surface area contributed by atoms with Crippen molar-refractivity contribution in [1.29, 1.82) is 0 Å². The van der Waals surface area contributed by atoms with Crippen LogP contribution in [0.25, 0.3) is 10.9 Å². The van der Waals surface area contributed by atoms with Gasteiger partial charge in [-0.1, -0.05) is 0 Å².